The van der Waals surface area contributed by atoms with Gasteiger partial charge in [0, 0.05) is 31.0 Å². The molecule has 0 aliphatic carbocycles. The van der Waals surface area contributed by atoms with E-state index in [9.17, 15) is 0 Å². The van der Waals surface area contributed by atoms with Crippen LogP contribution in [0.4, 0.5) is 0 Å². The highest BCUT2D eigenvalue weighted by atomic mass is 16.5. The summed E-state index contributed by atoms with van der Waals surface area (Å²) in [6.45, 7) is 7.98. The highest BCUT2D eigenvalue weighted by Gasteiger charge is 2.10. The predicted molar refractivity (Wildman–Crippen MR) is 80.9 cm³/mol. The second-order valence-corrected chi connectivity index (χ2v) is 5.05. The number of benzene rings is 1. The van der Waals surface area contributed by atoms with Gasteiger partial charge >= 0.3 is 0 Å². The molecule has 108 valence electrons. The zero-order valence-electron chi connectivity index (χ0n) is 12.4. The molecule has 1 aromatic heterocycles. The maximum atomic E-state index is 5.46. The molecule has 4 heteroatoms. The quantitative estimate of drug-likeness (QED) is 0.843. The molecule has 2 unspecified atom stereocenters. The summed E-state index contributed by atoms with van der Waals surface area (Å²) >= 11 is 0. The second-order valence-electron chi connectivity index (χ2n) is 5.05. The Morgan fingerprint density at radius 1 is 1.25 bits per heavy atom. The standard InChI is InChI=1S/C16H23N3O/c1-4-20-16-7-5-15(6-8-16)14(3)18-13(2)11-19-10-9-17-12-19/h5-10,12-14,18H,4,11H2,1-3H3. The third-order valence-corrected chi connectivity index (χ3v) is 3.27. The molecule has 4 nitrogen and oxygen atoms in total. The van der Waals surface area contributed by atoms with Gasteiger partial charge in [-0.1, -0.05) is 12.1 Å². The van der Waals surface area contributed by atoms with Crippen LogP contribution in [0.3, 0.4) is 0 Å². The highest BCUT2D eigenvalue weighted by Crippen LogP contribution is 2.18. The van der Waals surface area contributed by atoms with E-state index in [1.807, 2.05) is 37.8 Å². The lowest BCUT2D eigenvalue weighted by Crippen LogP contribution is -2.32. The van der Waals surface area contributed by atoms with Crippen LogP contribution in [0.2, 0.25) is 0 Å². The Morgan fingerprint density at radius 2 is 2.00 bits per heavy atom. The van der Waals surface area contributed by atoms with E-state index in [1.165, 1.54) is 5.56 Å². The Kier molecular flexibility index (Phi) is 5.18. The first-order valence-corrected chi connectivity index (χ1v) is 7.13. The zero-order valence-corrected chi connectivity index (χ0v) is 12.4. The van der Waals surface area contributed by atoms with Crippen molar-refractivity contribution in [2.75, 3.05) is 6.61 Å². The molecule has 0 bridgehead atoms. The fourth-order valence-electron chi connectivity index (χ4n) is 2.31. The van der Waals surface area contributed by atoms with E-state index in [2.05, 4.69) is 40.8 Å². The minimum atomic E-state index is 0.309. The summed E-state index contributed by atoms with van der Waals surface area (Å²) in [5, 5.41) is 3.60. The molecular formula is C16H23N3O. The maximum Gasteiger partial charge on any atom is 0.119 e. The van der Waals surface area contributed by atoms with Crippen molar-refractivity contribution < 1.29 is 4.74 Å². The summed E-state index contributed by atoms with van der Waals surface area (Å²) in [5.74, 6) is 0.926. The zero-order chi connectivity index (χ0) is 14.4. The van der Waals surface area contributed by atoms with E-state index in [0.29, 0.717) is 18.7 Å². The summed E-state index contributed by atoms with van der Waals surface area (Å²) in [6.07, 6.45) is 5.64. The van der Waals surface area contributed by atoms with Crippen molar-refractivity contribution in [1.29, 1.82) is 0 Å². The minimum Gasteiger partial charge on any atom is -0.494 e. The minimum absolute atomic E-state index is 0.309. The van der Waals surface area contributed by atoms with Gasteiger partial charge in [0.05, 0.1) is 12.9 Å². The van der Waals surface area contributed by atoms with Gasteiger partial charge in [0.15, 0.2) is 0 Å². The van der Waals surface area contributed by atoms with Crippen molar-refractivity contribution in [3.8, 4) is 5.75 Å². The molecule has 0 saturated carbocycles. The van der Waals surface area contributed by atoms with Gasteiger partial charge in [-0.3, -0.25) is 0 Å². The number of nitrogens with one attached hydrogen (secondary N) is 1. The van der Waals surface area contributed by atoms with Crippen LogP contribution in [-0.2, 0) is 6.54 Å². The van der Waals surface area contributed by atoms with Crippen LogP contribution in [0.1, 0.15) is 32.4 Å². The largest absolute Gasteiger partial charge is 0.494 e. The van der Waals surface area contributed by atoms with E-state index in [0.717, 1.165) is 12.3 Å². The Hall–Kier alpha value is -1.81. The average molecular weight is 273 g/mol. The second kappa shape index (κ2) is 7.10. The molecule has 0 radical (unpaired) electrons. The lowest BCUT2D eigenvalue weighted by atomic mass is 10.1. The van der Waals surface area contributed by atoms with Gasteiger partial charge in [-0.15, -0.1) is 0 Å². The summed E-state index contributed by atoms with van der Waals surface area (Å²) in [7, 11) is 0. The molecule has 0 fully saturated rings. The van der Waals surface area contributed by atoms with Crippen LogP contribution in [0.15, 0.2) is 43.0 Å². The van der Waals surface area contributed by atoms with E-state index in [-0.39, 0.29) is 0 Å². The summed E-state index contributed by atoms with van der Waals surface area (Å²) in [6, 6.07) is 8.98. The Bertz CT molecular complexity index is 493. The lowest BCUT2D eigenvalue weighted by Gasteiger charge is -2.21. The molecular weight excluding hydrogens is 250 g/mol. The topological polar surface area (TPSA) is 39.1 Å². The maximum absolute atomic E-state index is 5.46. The van der Waals surface area contributed by atoms with Gasteiger partial charge in [-0.25, -0.2) is 4.98 Å². The van der Waals surface area contributed by atoms with Gasteiger partial charge in [0.1, 0.15) is 5.75 Å². The smallest absolute Gasteiger partial charge is 0.119 e. The van der Waals surface area contributed by atoms with Gasteiger partial charge in [-0.05, 0) is 38.5 Å². The van der Waals surface area contributed by atoms with Crippen molar-refractivity contribution in [2.24, 2.45) is 0 Å². The van der Waals surface area contributed by atoms with Crippen LogP contribution in [-0.4, -0.2) is 22.2 Å². The highest BCUT2D eigenvalue weighted by molar-refractivity contribution is 5.28. The number of hydrogen-bond acceptors (Lipinski definition) is 3. The summed E-state index contributed by atoms with van der Waals surface area (Å²) < 4.78 is 7.55. The first kappa shape index (κ1) is 14.6. The van der Waals surface area contributed by atoms with E-state index in [4.69, 9.17) is 4.74 Å². The van der Waals surface area contributed by atoms with Crippen LogP contribution in [0.5, 0.6) is 5.75 Å². The van der Waals surface area contributed by atoms with Crippen molar-refractivity contribution in [3.63, 3.8) is 0 Å². The third kappa shape index (κ3) is 4.10. The molecule has 2 atom stereocenters. The van der Waals surface area contributed by atoms with E-state index in [1.54, 1.807) is 0 Å². The number of ether oxygens (including phenoxy) is 1. The van der Waals surface area contributed by atoms with Crippen molar-refractivity contribution in [3.05, 3.63) is 48.5 Å². The number of rotatable bonds is 7. The number of aromatic nitrogens is 2. The molecule has 1 N–H and O–H groups in total. The normalized spacial score (nSPS) is 13.9. The van der Waals surface area contributed by atoms with E-state index >= 15 is 0 Å². The molecule has 0 spiro atoms. The molecule has 0 amide bonds. The lowest BCUT2D eigenvalue weighted by molar-refractivity contribution is 0.340. The molecule has 1 aromatic carbocycles. The Labute approximate surface area is 120 Å². The molecule has 0 saturated heterocycles. The third-order valence-electron chi connectivity index (χ3n) is 3.27. The monoisotopic (exact) mass is 273 g/mol. The first-order chi connectivity index (χ1) is 9.69. The summed E-state index contributed by atoms with van der Waals surface area (Å²) in [5.41, 5.74) is 1.27. The molecule has 2 rings (SSSR count). The fraction of sp³-hybridized carbons (Fsp3) is 0.438. The SMILES string of the molecule is CCOc1ccc(C(C)NC(C)Cn2ccnc2)cc1. The first-order valence-electron chi connectivity index (χ1n) is 7.13. The van der Waals surface area contributed by atoms with Crippen LogP contribution < -0.4 is 10.1 Å². The summed E-state index contributed by atoms with van der Waals surface area (Å²) in [4.78, 5) is 4.06. The Morgan fingerprint density at radius 3 is 2.60 bits per heavy atom. The Balaban J connectivity index is 1.88. The van der Waals surface area contributed by atoms with Gasteiger partial charge in [0.25, 0.3) is 0 Å². The van der Waals surface area contributed by atoms with E-state index < -0.39 is 0 Å². The number of nitrogens with zero attached hydrogens (tertiary/aromatic N) is 2. The van der Waals surface area contributed by atoms with Gasteiger partial charge in [-0.2, -0.15) is 0 Å². The van der Waals surface area contributed by atoms with Crippen molar-refractivity contribution >= 4 is 0 Å². The molecule has 0 aliphatic heterocycles. The molecule has 0 aliphatic rings. The van der Waals surface area contributed by atoms with Crippen LogP contribution in [0.25, 0.3) is 0 Å². The van der Waals surface area contributed by atoms with Crippen LogP contribution in [0, 0.1) is 0 Å². The van der Waals surface area contributed by atoms with Gasteiger partial charge < -0.3 is 14.6 Å². The van der Waals surface area contributed by atoms with Crippen molar-refractivity contribution in [2.45, 2.75) is 39.4 Å². The number of imidazole rings is 1. The average Bonchev–Trinajstić information content (AvgIpc) is 2.92. The van der Waals surface area contributed by atoms with Crippen molar-refractivity contribution in [1.82, 2.24) is 14.9 Å². The van der Waals surface area contributed by atoms with Gasteiger partial charge in [0.2, 0.25) is 0 Å². The molecule has 1 heterocycles. The molecule has 20 heavy (non-hydrogen) atoms. The number of hydrogen-bond donors (Lipinski definition) is 1. The molecule has 2 aromatic rings. The predicted octanol–water partition coefficient (Wildman–Crippen LogP) is 3.02. The van der Waals surface area contributed by atoms with Crippen LogP contribution >= 0.6 is 0 Å². The fourth-order valence-corrected chi connectivity index (χ4v) is 2.31.